The van der Waals surface area contributed by atoms with Gasteiger partial charge < -0.3 is 11.1 Å². The number of pyridine rings is 1. The molecule has 0 fully saturated rings. The van der Waals surface area contributed by atoms with Crippen LogP contribution in [0.5, 0.6) is 0 Å². The van der Waals surface area contributed by atoms with Gasteiger partial charge >= 0.3 is 0 Å². The van der Waals surface area contributed by atoms with Crippen molar-refractivity contribution in [2.45, 2.75) is 12.5 Å². The molecular weight excluding hydrogens is 254 g/mol. The number of aromatic nitrogens is 1. The van der Waals surface area contributed by atoms with Crippen molar-refractivity contribution in [3.8, 4) is 0 Å². The van der Waals surface area contributed by atoms with Crippen LogP contribution >= 0.6 is 0 Å². The molecule has 0 aliphatic heterocycles. The molecule has 5 heteroatoms. The van der Waals surface area contributed by atoms with Crippen LogP contribution in [0.25, 0.3) is 10.9 Å². The lowest BCUT2D eigenvalue weighted by Crippen LogP contribution is -2.44. The van der Waals surface area contributed by atoms with E-state index in [9.17, 15) is 9.59 Å². The number of fused-ring (bicyclic) bond motifs is 1. The number of nitrogens with two attached hydrogens (primary N) is 1. The topological polar surface area (TPSA) is 85.1 Å². The number of primary amides is 1. The predicted molar refractivity (Wildman–Crippen MR) is 77.0 cm³/mol. The van der Waals surface area contributed by atoms with Crippen LogP contribution in [0.1, 0.15) is 16.8 Å². The van der Waals surface area contributed by atoms with E-state index in [1.54, 1.807) is 18.3 Å². The molecule has 0 spiro atoms. The first-order chi connectivity index (χ1) is 9.63. The van der Waals surface area contributed by atoms with Crippen LogP contribution in [0.4, 0.5) is 0 Å². The molecule has 0 aliphatic carbocycles. The van der Waals surface area contributed by atoms with E-state index in [1.807, 2.05) is 24.3 Å². The van der Waals surface area contributed by atoms with Crippen molar-refractivity contribution in [2.24, 2.45) is 5.73 Å². The molecule has 0 saturated heterocycles. The number of carbonyl (C=O) groups is 2. The fourth-order valence-corrected chi connectivity index (χ4v) is 1.94. The highest BCUT2D eigenvalue weighted by atomic mass is 16.2. The lowest BCUT2D eigenvalue weighted by molar-refractivity contribution is -0.119. The van der Waals surface area contributed by atoms with Gasteiger partial charge in [-0.2, -0.15) is 0 Å². The molecule has 102 valence electrons. The second kappa shape index (κ2) is 5.97. The number of nitrogens with zero attached hydrogens (tertiary/aromatic N) is 1. The standard InChI is InChI=1S/C15H15N3O2/c1-2-5-13(14(16)19)18-15(20)11-8-9-17-12-7-4-3-6-10(11)12/h2-4,6-9,13H,1,5H2,(H2,16,19)(H,18,20)/t13-/m1/s1. The summed E-state index contributed by atoms with van der Waals surface area (Å²) in [4.78, 5) is 27.7. The molecule has 2 amide bonds. The van der Waals surface area contributed by atoms with Crippen molar-refractivity contribution in [3.05, 3.63) is 54.7 Å². The fraction of sp³-hybridized carbons (Fsp3) is 0.133. The maximum absolute atomic E-state index is 12.3. The van der Waals surface area contributed by atoms with E-state index < -0.39 is 11.9 Å². The van der Waals surface area contributed by atoms with Gasteiger partial charge in [0, 0.05) is 11.6 Å². The molecule has 5 nitrogen and oxygen atoms in total. The zero-order chi connectivity index (χ0) is 14.5. The normalized spacial score (nSPS) is 11.8. The van der Waals surface area contributed by atoms with Crippen LogP contribution in [0.3, 0.4) is 0 Å². The maximum atomic E-state index is 12.3. The van der Waals surface area contributed by atoms with Crippen molar-refractivity contribution in [1.29, 1.82) is 0 Å². The highest BCUT2D eigenvalue weighted by Crippen LogP contribution is 2.16. The van der Waals surface area contributed by atoms with Gasteiger partial charge in [0.25, 0.3) is 5.91 Å². The first-order valence-electron chi connectivity index (χ1n) is 6.18. The van der Waals surface area contributed by atoms with E-state index in [0.29, 0.717) is 12.0 Å². The van der Waals surface area contributed by atoms with Crippen molar-refractivity contribution in [3.63, 3.8) is 0 Å². The molecule has 1 aromatic carbocycles. The molecule has 0 saturated carbocycles. The number of nitrogens with one attached hydrogen (secondary N) is 1. The average Bonchev–Trinajstić information content (AvgIpc) is 2.46. The van der Waals surface area contributed by atoms with Gasteiger partial charge in [0.05, 0.1) is 11.1 Å². The Balaban J connectivity index is 2.31. The Kier molecular flexibility index (Phi) is 4.10. The second-order valence-corrected chi connectivity index (χ2v) is 4.33. The number of rotatable bonds is 5. The number of hydrogen-bond donors (Lipinski definition) is 2. The largest absolute Gasteiger partial charge is 0.368 e. The Morgan fingerprint density at radius 3 is 2.80 bits per heavy atom. The van der Waals surface area contributed by atoms with Crippen LogP contribution in [-0.4, -0.2) is 22.8 Å². The summed E-state index contributed by atoms with van der Waals surface area (Å²) in [6.45, 7) is 3.54. The lowest BCUT2D eigenvalue weighted by Gasteiger charge is -2.14. The minimum absolute atomic E-state index is 0.296. The lowest BCUT2D eigenvalue weighted by atomic mass is 10.1. The minimum Gasteiger partial charge on any atom is -0.368 e. The van der Waals surface area contributed by atoms with Gasteiger partial charge in [0.1, 0.15) is 6.04 Å². The Morgan fingerprint density at radius 2 is 2.10 bits per heavy atom. The van der Waals surface area contributed by atoms with Crippen LogP contribution in [0.2, 0.25) is 0 Å². The molecule has 3 N–H and O–H groups in total. The summed E-state index contributed by atoms with van der Waals surface area (Å²) in [5, 5.41) is 3.34. The molecule has 1 heterocycles. The molecule has 1 aromatic heterocycles. The quantitative estimate of drug-likeness (QED) is 0.804. The predicted octanol–water partition coefficient (Wildman–Crippen LogP) is 1.39. The number of benzene rings is 1. The monoisotopic (exact) mass is 269 g/mol. The first kappa shape index (κ1) is 13.7. The summed E-state index contributed by atoms with van der Waals surface area (Å²) in [5.74, 6) is -0.939. The van der Waals surface area contributed by atoms with Gasteiger partial charge in [-0.1, -0.05) is 24.3 Å². The average molecular weight is 269 g/mol. The molecule has 0 bridgehead atoms. The third-order valence-corrected chi connectivity index (χ3v) is 2.94. The molecule has 2 rings (SSSR count). The van der Waals surface area contributed by atoms with E-state index >= 15 is 0 Å². The third kappa shape index (κ3) is 2.83. The zero-order valence-electron chi connectivity index (χ0n) is 10.9. The van der Waals surface area contributed by atoms with Gasteiger partial charge in [-0.05, 0) is 18.6 Å². The number of carbonyl (C=O) groups excluding carboxylic acids is 2. The highest BCUT2D eigenvalue weighted by Gasteiger charge is 2.18. The molecule has 0 unspecified atom stereocenters. The van der Waals surface area contributed by atoms with Crippen molar-refractivity contribution >= 4 is 22.7 Å². The molecule has 0 radical (unpaired) electrons. The smallest absolute Gasteiger partial charge is 0.252 e. The summed E-state index contributed by atoms with van der Waals surface area (Å²) in [7, 11) is 0. The van der Waals surface area contributed by atoms with Crippen molar-refractivity contribution in [1.82, 2.24) is 10.3 Å². The Bertz CT molecular complexity index is 662. The second-order valence-electron chi connectivity index (χ2n) is 4.33. The van der Waals surface area contributed by atoms with E-state index in [1.165, 1.54) is 0 Å². The fourth-order valence-electron chi connectivity index (χ4n) is 1.94. The van der Waals surface area contributed by atoms with Gasteiger partial charge in [-0.3, -0.25) is 14.6 Å². The van der Waals surface area contributed by atoms with Crippen LogP contribution in [-0.2, 0) is 4.79 Å². The summed E-state index contributed by atoms with van der Waals surface area (Å²) >= 11 is 0. The van der Waals surface area contributed by atoms with Crippen LogP contribution in [0.15, 0.2) is 49.2 Å². The summed E-state index contributed by atoms with van der Waals surface area (Å²) < 4.78 is 0. The van der Waals surface area contributed by atoms with Gasteiger partial charge in [0.2, 0.25) is 5.91 Å². The number of amides is 2. The van der Waals surface area contributed by atoms with Crippen molar-refractivity contribution in [2.75, 3.05) is 0 Å². The SMILES string of the molecule is C=CC[C@@H](NC(=O)c1ccnc2ccccc12)C(N)=O. The number of para-hydroxylation sites is 1. The maximum Gasteiger partial charge on any atom is 0.252 e. The third-order valence-electron chi connectivity index (χ3n) is 2.94. The molecular formula is C15H15N3O2. The van der Waals surface area contributed by atoms with Crippen LogP contribution < -0.4 is 11.1 Å². The molecule has 0 aliphatic rings. The minimum atomic E-state index is -0.757. The zero-order valence-corrected chi connectivity index (χ0v) is 10.9. The Morgan fingerprint density at radius 1 is 1.35 bits per heavy atom. The first-order valence-corrected chi connectivity index (χ1v) is 6.18. The summed E-state index contributed by atoms with van der Waals surface area (Å²) in [6.07, 6.45) is 3.40. The number of hydrogen-bond acceptors (Lipinski definition) is 3. The van der Waals surface area contributed by atoms with Gasteiger partial charge in [-0.15, -0.1) is 6.58 Å². The van der Waals surface area contributed by atoms with E-state index in [0.717, 1.165) is 10.9 Å². The van der Waals surface area contributed by atoms with Gasteiger partial charge in [-0.25, -0.2) is 0 Å². The molecule has 1 atom stereocenters. The van der Waals surface area contributed by atoms with E-state index in [2.05, 4.69) is 16.9 Å². The summed E-state index contributed by atoms with van der Waals surface area (Å²) in [5.41, 5.74) is 6.43. The van der Waals surface area contributed by atoms with Gasteiger partial charge in [0.15, 0.2) is 0 Å². The Labute approximate surface area is 116 Å². The van der Waals surface area contributed by atoms with E-state index in [4.69, 9.17) is 5.73 Å². The highest BCUT2D eigenvalue weighted by molar-refractivity contribution is 6.07. The van der Waals surface area contributed by atoms with Crippen molar-refractivity contribution < 1.29 is 9.59 Å². The molecule has 2 aromatic rings. The summed E-state index contributed by atoms with van der Waals surface area (Å²) in [6, 6.07) is 8.17. The Hall–Kier alpha value is -2.69. The van der Waals surface area contributed by atoms with Crippen LogP contribution in [0, 0.1) is 0 Å². The van der Waals surface area contributed by atoms with E-state index in [-0.39, 0.29) is 5.91 Å². The molecule has 20 heavy (non-hydrogen) atoms.